The van der Waals surface area contributed by atoms with Crippen LogP contribution in [0.25, 0.3) is 11.1 Å². The second-order valence-electron chi connectivity index (χ2n) is 8.11. The highest BCUT2D eigenvalue weighted by Crippen LogP contribution is 2.41. The van der Waals surface area contributed by atoms with Gasteiger partial charge in [0.05, 0.1) is 7.85 Å². The van der Waals surface area contributed by atoms with E-state index in [0.717, 1.165) is 48.5 Å². The first-order chi connectivity index (χ1) is 13.9. The molecule has 0 saturated heterocycles. The molecular weight excluding hydrogens is 383 g/mol. The lowest BCUT2D eigenvalue weighted by atomic mass is 9.83. The van der Waals surface area contributed by atoms with Crippen molar-refractivity contribution in [3.63, 3.8) is 0 Å². The summed E-state index contributed by atoms with van der Waals surface area (Å²) in [5.74, 6) is -0.624. The zero-order valence-electron chi connectivity index (χ0n) is 16.6. The van der Waals surface area contributed by atoms with Crippen LogP contribution in [0, 0.1) is 11.8 Å². The van der Waals surface area contributed by atoms with Crippen LogP contribution in [-0.2, 0) is 11.3 Å². The quantitative estimate of drug-likeness (QED) is 0.540. The van der Waals surface area contributed by atoms with Crippen molar-refractivity contribution < 1.29 is 9.90 Å². The van der Waals surface area contributed by atoms with Crippen LogP contribution in [0.4, 0.5) is 0 Å². The van der Waals surface area contributed by atoms with Gasteiger partial charge < -0.3 is 16.2 Å². The first-order valence-electron chi connectivity index (χ1n) is 10.2. The summed E-state index contributed by atoms with van der Waals surface area (Å²) in [7, 11) is 5.60. The zero-order valence-corrected chi connectivity index (χ0v) is 17.4. The third-order valence-electron chi connectivity index (χ3n) is 6.02. The highest BCUT2D eigenvalue weighted by atomic mass is 35.5. The maximum Gasteiger partial charge on any atom is 0.323 e. The normalized spacial score (nSPS) is 23.9. The van der Waals surface area contributed by atoms with E-state index in [1.54, 1.807) is 0 Å². The number of carbonyl (C=O) groups is 1. The van der Waals surface area contributed by atoms with Crippen LogP contribution < -0.4 is 11.1 Å². The van der Waals surface area contributed by atoms with Gasteiger partial charge in [0.2, 0.25) is 0 Å². The van der Waals surface area contributed by atoms with Gasteiger partial charge in [-0.25, -0.2) is 0 Å². The third kappa shape index (κ3) is 5.41. The minimum Gasteiger partial charge on any atom is -0.480 e. The number of benzene rings is 2. The van der Waals surface area contributed by atoms with E-state index >= 15 is 0 Å². The first kappa shape index (κ1) is 21.9. The molecule has 152 valence electrons. The van der Waals surface area contributed by atoms with E-state index in [-0.39, 0.29) is 11.8 Å². The van der Waals surface area contributed by atoms with Crippen LogP contribution >= 0.6 is 11.6 Å². The van der Waals surface area contributed by atoms with E-state index in [2.05, 4.69) is 29.6 Å². The second kappa shape index (κ2) is 9.79. The minimum atomic E-state index is -1.12. The van der Waals surface area contributed by atoms with Gasteiger partial charge in [-0.2, -0.15) is 0 Å². The van der Waals surface area contributed by atoms with Crippen molar-refractivity contribution in [2.24, 2.45) is 17.6 Å². The number of carboxylic acid groups (broad SMARTS) is 1. The topological polar surface area (TPSA) is 75.3 Å². The lowest BCUT2D eigenvalue weighted by molar-refractivity contribution is -0.145. The summed E-state index contributed by atoms with van der Waals surface area (Å²) in [6.07, 6.45) is 3.52. The monoisotopic (exact) mass is 410 g/mol. The molecule has 1 saturated carbocycles. The maximum atomic E-state index is 11.7. The summed E-state index contributed by atoms with van der Waals surface area (Å²) in [5, 5.41) is 13.8. The van der Waals surface area contributed by atoms with E-state index in [1.165, 1.54) is 5.56 Å². The van der Waals surface area contributed by atoms with E-state index in [4.69, 9.17) is 25.2 Å². The molecule has 0 amide bonds. The Hall–Kier alpha value is -1.82. The van der Waals surface area contributed by atoms with Gasteiger partial charge in [-0.05, 0) is 66.5 Å². The van der Waals surface area contributed by atoms with Crippen molar-refractivity contribution in [3.8, 4) is 11.1 Å². The molecule has 1 aliphatic rings. The van der Waals surface area contributed by atoms with Crippen molar-refractivity contribution >= 4 is 25.4 Å². The molecule has 2 radical (unpaired) electrons. The van der Waals surface area contributed by atoms with Crippen molar-refractivity contribution in [2.75, 3.05) is 6.54 Å². The first-order valence-corrected chi connectivity index (χ1v) is 10.6. The molecule has 0 bridgehead atoms. The summed E-state index contributed by atoms with van der Waals surface area (Å²) in [4.78, 5) is 11.7. The number of carboxylic acids is 1. The molecule has 4 nitrogen and oxygen atoms in total. The number of nitrogens with one attached hydrogen (secondary N) is 1. The van der Waals surface area contributed by atoms with Gasteiger partial charge in [0.15, 0.2) is 0 Å². The van der Waals surface area contributed by atoms with Crippen molar-refractivity contribution in [1.82, 2.24) is 5.32 Å². The Bertz CT molecular complexity index is 813. The van der Waals surface area contributed by atoms with Gasteiger partial charge in [0.1, 0.15) is 5.54 Å². The van der Waals surface area contributed by atoms with E-state index in [1.807, 2.05) is 24.3 Å². The van der Waals surface area contributed by atoms with Crippen molar-refractivity contribution in [1.29, 1.82) is 0 Å². The summed E-state index contributed by atoms with van der Waals surface area (Å²) in [6, 6.07) is 16.2. The largest absolute Gasteiger partial charge is 0.480 e. The van der Waals surface area contributed by atoms with Gasteiger partial charge >= 0.3 is 5.97 Å². The fourth-order valence-electron chi connectivity index (χ4n) is 4.38. The summed E-state index contributed by atoms with van der Waals surface area (Å²) >= 11 is 5.95. The zero-order chi connectivity index (χ0) is 20.9. The van der Waals surface area contributed by atoms with Crippen LogP contribution in [-0.4, -0.2) is 31.0 Å². The number of nitrogens with two attached hydrogens (primary N) is 1. The minimum absolute atomic E-state index is 0.00555. The predicted molar refractivity (Wildman–Crippen MR) is 119 cm³/mol. The molecule has 0 spiro atoms. The molecule has 1 unspecified atom stereocenters. The average molecular weight is 411 g/mol. The summed E-state index contributed by atoms with van der Waals surface area (Å²) in [5.41, 5.74) is 8.62. The fraction of sp³-hybridized carbons (Fsp3) is 0.435. The van der Waals surface area contributed by atoms with E-state index in [0.29, 0.717) is 12.7 Å². The van der Waals surface area contributed by atoms with Gasteiger partial charge in [0.25, 0.3) is 0 Å². The molecule has 2 aromatic rings. The number of aliphatic carboxylic acids is 1. The number of halogens is 1. The van der Waals surface area contributed by atoms with Crippen LogP contribution in [0.5, 0.6) is 0 Å². The highest BCUT2D eigenvalue weighted by Gasteiger charge is 2.49. The van der Waals surface area contributed by atoms with E-state index < -0.39 is 11.5 Å². The SMILES string of the molecule is [B]CCC[C@H]1CC(CNCc2ccc(-c3ccc(Cl)cc3)cc2)C[C@@]1(N)C(=O)O. The number of hydrogen-bond acceptors (Lipinski definition) is 3. The molecule has 1 aliphatic carbocycles. The molecule has 1 fully saturated rings. The summed E-state index contributed by atoms with van der Waals surface area (Å²) < 4.78 is 0. The molecule has 2 aromatic carbocycles. The molecule has 0 aliphatic heterocycles. The Labute approximate surface area is 179 Å². The van der Waals surface area contributed by atoms with Gasteiger partial charge in [-0.3, -0.25) is 4.79 Å². The Balaban J connectivity index is 1.52. The van der Waals surface area contributed by atoms with Crippen molar-refractivity contribution in [2.45, 2.75) is 44.1 Å². The Morgan fingerprint density at radius 1 is 1.17 bits per heavy atom. The van der Waals surface area contributed by atoms with Crippen LogP contribution in [0.1, 0.15) is 31.2 Å². The predicted octanol–water partition coefficient (Wildman–Crippen LogP) is 4.27. The second-order valence-corrected chi connectivity index (χ2v) is 8.55. The molecule has 4 N–H and O–H groups in total. The fourth-order valence-corrected chi connectivity index (χ4v) is 4.50. The Morgan fingerprint density at radius 3 is 2.38 bits per heavy atom. The molecule has 0 heterocycles. The van der Waals surface area contributed by atoms with E-state index in [9.17, 15) is 9.90 Å². The molecule has 6 heteroatoms. The Kier molecular flexibility index (Phi) is 7.39. The smallest absolute Gasteiger partial charge is 0.323 e. The number of hydrogen-bond donors (Lipinski definition) is 3. The van der Waals surface area contributed by atoms with Crippen molar-refractivity contribution in [3.05, 3.63) is 59.1 Å². The highest BCUT2D eigenvalue weighted by molar-refractivity contribution is 6.30. The lowest BCUT2D eigenvalue weighted by Gasteiger charge is -2.26. The third-order valence-corrected chi connectivity index (χ3v) is 6.27. The van der Waals surface area contributed by atoms with Crippen LogP contribution in [0.2, 0.25) is 11.3 Å². The number of rotatable bonds is 9. The van der Waals surface area contributed by atoms with Gasteiger partial charge in [-0.1, -0.05) is 60.7 Å². The Morgan fingerprint density at radius 2 is 1.79 bits per heavy atom. The molecular formula is C23H28BClN2O2. The molecule has 3 rings (SSSR count). The van der Waals surface area contributed by atoms with Crippen LogP contribution in [0.3, 0.4) is 0 Å². The maximum absolute atomic E-state index is 11.7. The van der Waals surface area contributed by atoms with Crippen LogP contribution in [0.15, 0.2) is 48.5 Å². The summed E-state index contributed by atoms with van der Waals surface area (Å²) in [6.45, 7) is 1.51. The average Bonchev–Trinajstić information content (AvgIpc) is 3.04. The molecule has 0 aromatic heterocycles. The van der Waals surface area contributed by atoms with Gasteiger partial charge in [0, 0.05) is 11.6 Å². The molecule has 3 atom stereocenters. The lowest BCUT2D eigenvalue weighted by Crippen LogP contribution is -2.51. The van der Waals surface area contributed by atoms with Gasteiger partial charge in [-0.15, -0.1) is 0 Å². The standard InChI is InChI=1S/C23H28BClN2O2/c24-11-1-2-20-12-17(13-23(20,26)22(28)29)15-27-14-16-3-5-18(6-4-16)19-7-9-21(25)10-8-19/h3-10,17,20,27H,1-2,11-15,26H2,(H,28,29)/t17?,20-,23-/m0/s1. The molecule has 29 heavy (non-hydrogen) atoms.